The average molecular weight is 674 g/mol. The fraction of sp³-hybridized carbons (Fsp3) is 0.179. The van der Waals surface area contributed by atoms with Crippen LogP contribution in [-0.4, -0.2) is 32.5 Å². The number of aliphatic imine (C=N–C) groups is 1. The standard InChI is InChI=1S/C28H24I2N2O2/c29-26-16-21(18-31-24-7-9-25(10-8-24)32-11-13-33-14-12-32)17-27(30)28(26)34-19-20-5-6-22-3-1-2-4-23(22)15-20/h1-10,15-18H,11-14,19H2. The predicted octanol–water partition coefficient (Wildman–Crippen LogP) is 7.22. The molecular weight excluding hydrogens is 650 g/mol. The minimum atomic E-state index is 0.541. The lowest BCUT2D eigenvalue weighted by atomic mass is 10.1. The highest BCUT2D eigenvalue weighted by atomic mass is 127. The highest BCUT2D eigenvalue weighted by Crippen LogP contribution is 2.30. The van der Waals surface area contributed by atoms with Crippen molar-refractivity contribution in [2.75, 3.05) is 31.2 Å². The van der Waals surface area contributed by atoms with Gasteiger partial charge in [0.1, 0.15) is 12.4 Å². The van der Waals surface area contributed by atoms with Crippen molar-refractivity contribution in [3.63, 3.8) is 0 Å². The normalized spacial score (nSPS) is 14.1. The second kappa shape index (κ2) is 11.0. The number of halogens is 2. The van der Waals surface area contributed by atoms with E-state index in [1.54, 1.807) is 0 Å². The third-order valence-corrected chi connectivity index (χ3v) is 7.41. The fourth-order valence-corrected chi connectivity index (χ4v) is 6.12. The van der Waals surface area contributed by atoms with Crippen molar-refractivity contribution >= 4 is 73.5 Å². The van der Waals surface area contributed by atoms with Gasteiger partial charge in [0.15, 0.2) is 0 Å². The second-order valence-corrected chi connectivity index (χ2v) is 10.5. The first-order valence-corrected chi connectivity index (χ1v) is 13.4. The van der Waals surface area contributed by atoms with Crippen molar-refractivity contribution in [1.82, 2.24) is 0 Å². The molecule has 0 atom stereocenters. The fourth-order valence-electron chi connectivity index (χ4n) is 4.00. The van der Waals surface area contributed by atoms with E-state index in [1.807, 2.05) is 6.21 Å². The van der Waals surface area contributed by atoms with E-state index in [0.717, 1.165) is 56.0 Å². The van der Waals surface area contributed by atoms with E-state index in [1.165, 1.54) is 16.5 Å². The van der Waals surface area contributed by atoms with Gasteiger partial charge in [0.05, 0.1) is 26.0 Å². The first-order chi connectivity index (χ1) is 16.7. The number of hydrogen-bond donors (Lipinski definition) is 0. The highest BCUT2D eigenvalue weighted by Gasteiger charge is 2.11. The summed E-state index contributed by atoms with van der Waals surface area (Å²) in [4.78, 5) is 7.03. The zero-order valence-corrected chi connectivity index (χ0v) is 22.9. The third-order valence-electron chi connectivity index (χ3n) is 5.81. The number of fused-ring (bicyclic) bond motifs is 1. The maximum absolute atomic E-state index is 6.22. The van der Waals surface area contributed by atoms with Crippen LogP contribution in [0, 0.1) is 7.14 Å². The van der Waals surface area contributed by atoms with Crippen LogP contribution in [0.25, 0.3) is 10.8 Å². The van der Waals surface area contributed by atoms with Crippen LogP contribution in [0.4, 0.5) is 11.4 Å². The number of benzene rings is 4. The Hall–Kier alpha value is -2.17. The van der Waals surface area contributed by atoms with Crippen LogP contribution in [0.3, 0.4) is 0 Å². The smallest absolute Gasteiger partial charge is 0.146 e. The van der Waals surface area contributed by atoms with Gasteiger partial charge in [-0.2, -0.15) is 0 Å². The Kier molecular flexibility index (Phi) is 7.66. The first kappa shape index (κ1) is 23.6. The molecule has 6 heteroatoms. The van der Waals surface area contributed by atoms with E-state index in [0.29, 0.717) is 6.61 Å². The molecule has 0 aliphatic carbocycles. The molecule has 0 amide bonds. The first-order valence-electron chi connectivity index (χ1n) is 11.2. The highest BCUT2D eigenvalue weighted by molar-refractivity contribution is 14.1. The molecule has 0 aromatic heterocycles. The van der Waals surface area contributed by atoms with Crippen molar-refractivity contribution in [3.8, 4) is 5.75 Å². The molecule has 172 valence electrons. The van der Waals surface area contributed by atoms with Gasteiger partial charge < -0.3 is 14.4 Å². The lowest BCUT2D eigenvalue weighted by Gasteiger charge is -2.28. The van der Waals surface area contributed by atoms with E-state index < -0.39 is 0 Å². The molecule has 0 N–H and O–H groups in total. The number of hydrogen-bond acceptors (Lipinski definition) is 4. The van der Waals surface area contributed by atoms with Crippen LogP contribution in [0.2, 0.25) is 0 Å². The summed E-state index contributed by atoms with van der Waals surface area (Å²) in [5, 5.41) is 2.48. The summed E-state index contributed by atoms with van der Waals surface area (Å²) in [6.45, 7) is 4.00. The summed E-state index contributed by atoms with van der Waals surface area (Å²) in [6.07, 6.45) is 1.92. The minimum Gasteiger partial charge on any atom is -0.487 e. The van der Waals surface area contributed by atoms with Gasteiger partial charge in [-0.25, -0.2) is 0 Å². The maximum Gasteiger partial charge on any atom is 0.146 e. The lowest BCUT2D eigenvalue weighted by molar-refractivity contribution is 0.122. The Bertz CT molecular complexity index is 1290. The molecule has 1 saturated heterocycles. The summed E-state index contributed by atoms with van der Waals surface area (Å²) in [5.74, 6) is 0.918. The lowest BCUT2D eigenvalue weighted by Crippen LogP contribution is -2.36. The van der Waals surface area contributed by atoms with E-state index in [9.17, 15) is 0 Å². The molecule has 4 aromatic carbocycles. The van der Waals surface area contributed by atoms with Crippen LogP contribution < -0.4 is 9.64 Å². The Morgan fingerprint density at radius 1 is 0.853 bits per heavy atom. The molecule has 0 radical (unpaired) electrons. The van der Waals surface area contributed by atoms with Crippen LogP contribution in [0.15, 0.2) is 83.9 Å². The van der Waals surface area contributed by atoms with Crippen molar-refractivity contribution in [1.29, 1.82) is 0 Å². The summed E-state index contributed by atoms with van der Waals surface area (Å²) >= 11 is 4.69. The van der Waals surface area contributed by atoms with Gasteiger partial charge in [0, 0.05) is 25.0 Å². The Morgan fingerprint density at radius 2 is 1.56 bits per heavy atom. The van der Waals surface area contributed by atoms with E-state index in [2.05, 4.69) is 134 Å². The van der Waals surface area contributed by atoms with Crippen molar-refractivity contribution < 1.29 is 9.47 Å². The van der Waals surface area contributed by atoms with Crippen LogP contribution in [-0.2, 0) is 11.3 Å². The zero-order chi connectivity index (χ0) is 23.3. The summed E-state index contributed by atoms with van der Waals surface area (Å²) in [7, 11) is 0. The molecule has 0 bridgehead atoms. The molecule has 1 heterocycles. The van der Waals surface area contributed by atoms with Gasteiger partial charge in [-0.15, -0.1) is 0 Å². The van der Waals surface area contributed by atoms with E-state index >= 15 is 0 Å². The number of rotatable bonds is 6. The molecule has 4 aromatic rings. The molecular formula is C28H24I2N2O2. The van der Waals surface area contributed by atoms with Gasteiger partial charge in [-0.3, -0.25) is 4.99 Å². The number of ether oxygens (including phenoxy) is 2. The van der Waals surface area contributed by atoms with Gasteiger partial charge in [-0.1, -0.05) is 36.4 Å². The Balaban J connectivity index is 1.25. The summed E-state index contributed by atoms with van der Waals surface area (Å²) in [6, 6.07) is 27.5. The molecule has 1 aliphatic heterocycles. The van der Waals surface area contributed by atoms with Crippen molar-refractivity contribution in [2.45, 2.75) is 6.61 Å². The summed E-state index contributed by atoms with van der Waals surface area (Å²) < 4.78 is 13.8. The van der Waals surface area contributed by atoms with Crippen molar-refractivity contribution in [3.05, 3.63) is 97.1 Å². The topological polar surface area (TPSA) is 34.1 Å². The SMILES string of the molecule is Ic1cc(C=Nc2ccc(N3CCOCC3)cc2)cc(I)c1OCc1ccc2ccccc2c1. The number of anilines is 1. The Morgan fingerprint density at radius 3 is 2.29 bits per heavy atom. The number of nitrogens with zero attached hydrogens (tertiary/aromatic N) is 2. The van der Waals surface area contributed by atoms with Crippen LogP contribution in [0.1, 0.15) is 11.1 Å². The third kappa shape index (κ3) is 5.72. The largest absolute Gasteiger partial charge is 0.487 e. The maximum atomic E-state index is 6.22. The molecule has 34 heavy (non-hydrogen) atoms. The monoisotopic (exact) mass is 674 g/mol. The average Bonchev–Trinajstić information content (AvgIpc) is 2.88. The van der Waals surface area contributed by atoms with Gasteiger partial charge in [0.2, 0.25) is 0 Å². The zero-order valence-electron chi connectivity index (χ0n) is 18.6. The quantitative estimate of drug-likeness (QED) is 0.160. The molecule has 1 fully saturated rings. The van der Waals surface area contributed by atoms with Crippen molar-refractivity contribution in [2.24, 2.45) is 4.99 Å². The minimum absolute atomic E-state index is 0.541. The van der Waals surface area contributed by atoms with Gasteiger partial charge >= 0.3 is 0 Å². The molecule has 5 rings (SSSR count). The molecule has 0 unspecified atom stereocenters. The van der Waals surface area contributed by atoms with Crippen LogP contribution in [0.5, 0.6) is 5.75 Å². The molecule has 0 saturated carbocycles. The van der Waals surface area contributed by atoms with E-state index in [4.69, 9.17) is 9.47 Å². The van der Waals surface area contributed by atoms with Crippen LogP contribution >= 0.6 is 45.2 Å². The molecule has 0 spiro atoms. The predicted molar refractivity (Wildman–Crippen MR) is 157 cm³/mol. The van der Waals surface area contributed by atoms with Gasteiger partial charge in [0.25, 0.3) is 0 Å². The Labute approximate surface area is 227 Å². The van der Waals surface area contributed by atoms with E-state index in [-0.39, 0.29) is 0 Å². The molecule has 1 aliphatic rings. The molecule has 4 nitrogen and oxygen atoms in total. The second-order valence-electron chi connectivity index (χ2n) is 8.16. The number of morpholine rings is 1. The summed E-state index contributed by atoms with van der Waals surface area (Å²) in [5.41, 5.74) is 4.39. The van der Waals surface area contributed by atoms with Gasteiger partial charge in [-0.05, 0) is 110 Å².